The Bertz CT molecular complexity index is 529. The summed E-state index contributed by atoms with van der Waals surface area (Å²) in [6.07, 6.45) is 6.88. The number of nitrogens with one attached hydrogen (secondary N) is 1. The van der Waals surface area contributed by atoms with E-state index in [1.54, 1.807) is 18.3 Å². The summed E-state index contributed by atoms with van der Waals surface area (Å²) in [6, 6.07) is 3.57. The second-order valence-electron chi connectivity index (χ2n) is 5.62. The molecule has 0 spiro atoms. The molecule has 101 valence electrons. The number of hydrogen-bond acceptors (Lipinski definition) is 3. The van der Waals surface area contributed by atoms with E-state index < -0.39 is 0 Å². The van der Waals surface area contributed by atoms with Gasteiger partial charge in [0.2, 0.25) is 0 Å². The molecule has 0 fully saturated rings. The highest BCUT2D eigenvalue weighted by Gasteiger charge is 2.23. The van der Waals surface area contributed by atoms with E-state index in [0.717, 1.165) is 11.3 Å². The first-order valence-electron chi connectivity index (χ1n) is 6.26. The van der Waals surface area contributed by atoms with E-state index in [4.69, 9.17) is 16.3 Å². The minimum absolute atomic E-state index is 0.0254. The molecule has 2 rings (SSSR count). The lowest BCUT2D eigenvalue weighted by Crippen LogP contribution is -2.31. The fraction of sp³-hybridized carbons (Fsp3) is 0.400. The van der Waals surface area contributed by atoms with Crippen molar-refractivity contribution in [3.8, 4) is 5.75 Å². The molecule has 1 aromatic heterocycles. The average molecular weight is 278 g/mol. The van der Waals surface area contributed by atoms with E-state index >= 15 is 0 Å². The van der Waals surface area contributed by atoms with Gasteiger partial charge < -0.3 is 10.1 Å². The fourth-order valence-electron chi connectivity index (χ4n) is 1.67. The zero-order valence-corrected chi connectivity index (χ0v) is 12.4. The third-order valence-corrected chi connectivity index (χ3v) is 3.09. The molecule has 1 aromatic rings. The Labute approximate surface area is 119 Å². The number of halogens is 1. The first-order valence-corrected chi connectivity index (χ1v) is 6.64. The number of pyridine rings is 1. The largest absolute Gasteiger partial charge is 0.459 e. The molecule has 1 aliphatic rings. The van der Waals surface area contributed by atoms with Crippen LogP contribution in [0.2, 0.25) is 5.15 Å². The van der Waals surface area contributed by atoms with Crippen molar-refractivity contribution in [2.24, 2.45) is 5.41 Å². The van der Waals surface area contributed by atoms with Crippen molar-refractivity contribution >= 4 is 11.6 Å². The molecule has 0 aromatic carbocycles. The Balaban J connectivity index is 2.23. The molecule has 1 N–H and O–H groups in total. The molecule has 0 saturated carbocycles. The van der Waals surface area contributed by atoms with Gasteiger partial charge in [-0.15, -0.1) is 0 Å². The van der Waals surface area contributed by atoms with Crippen LogP contribution in [0, 0.1) is 11.6 Å². The first-order chi connectivity index (χ1) is 8.86. The predicted octanol–water partition coefficient (Wildman–Crippen LogP) is 3.72. The van der Waals surface area contributed by atoms with Gasteiger partial charge in [0.05, 0.1) is 12.2 Å². The number of rotatable bonds is 2. The summed E-state index contributed by atoms with van der Waals surface area (Å²) in [7, 11) is 0. The highest BCUT2D eigenvalue weighted by atomic mass is 35.5. The van der Waals surface area contributed by atoms with Crippen molar-refractivity contribution in [1.29, 1.82) is 0 Å². The van der Waals surface area contributed by atoms with Gasteiger partial charge in [-0.1, -0.05) is 32.4 Å². The second-order valence-corrected chi connectivity index (χ2v) is 6.00. The summed E-state index contributed by atoms with van der Waals surface area (Å²) in [5.74, 6) is 1.54. The molecule has 0 amide bonds. The van der Waals surface area contributed by atoms with Crippen LogP contribution >= 0.6 is 11.6 Å². The molecular formula is C15H18ClN2O. The molecule has 1 aliphatic heterocycles. The standard InChI is InChI=1S/C15H18ClN2O/c1-10-13(7-11(9-18-10)15(2,3)4)19-12-5-6-17-14(16)8-12/h5-8,10,18H,1-4H3. The topological polar surface area (TPSA) is 34.1 Å². The Kier molecular flexibility index (Phi) is 3.85. The van der Waals surface area contributed by atoms with Crippen molar-refractivity contribution in [3.05, 3.63) is 47.1 Å². The van der Waals surface area contributed by atoms with Crippen LogP contribution in [0.1, 0.15) is 27.7 Å². The van der Waals surface area contributed by atoms with Gasteiger partial charge in [-0.3, -0.25) is 0 Å². The molecule has 3 nitrogen and oxygen atoms in total. The van der Waals surface area contributed by atoms with E-state index in [2.05, 4.69) is 37.3 Å². The highest BCUT2D eigenvalue weighted by molar-refractivity contribution is 6.29. The molecule has 4 heteroatoms. The third kappa shape index (κ3) is 3.51. The molecule has 1 atom stereocenters. The van der Waals surface area contributed by atoms with Crippen LogP contribution in [0.3, 0.4) is 0 Å². The van der Waals surface area contributed by atoms with Crippen LogP contribution in [-0.4, -0.2) is 11.0 Å². The Hall–Kier alpha value is -1.48. The Morgan fingerprint density at radius 2 is 2.16 bits per heavy atom. The summed E-state index contributed by atoms with van der Waals surface area (Å²) in [5.41, 5.74) is 1.11. The number of nitrogens with zero attached hydrogens (tertiary/aromatic N) is 1. The van der Waals surface area contributed by atoms with Gasteiger partial charge in [-0.2, -0.15) is 0 Å². The van der Waals surface area contributed by atoms with Gasteiger partial charge in [0.25, 0.3) is 0 Å². The first kappa shape index (κ1) is 13.9. The van der Waals surface area contributed by atoms with Gasteiger partial charge in [-0.05, 0) is 30.1 Å². The van der Waals surface area contributed by atoms with Crippen molar-refractivity contribution in [1.82, 2.24) is 10.3 Å². The van der Waals surface area contributed by atoms with E-state index in [1.807, 2.05) is 13.0 Å². The molecule has 0 saturated heterocycles. The van der Waals surface area contributed by atoms with Crippen molar-refractivity contribution < 1.29 is 4.74 Å². The predicted molar refractivity (Wildman–Crippen MR) is 76.8 cm³/mol. The van der Waals surface area contributed by atoms with E-state index in [0.29, 0.717) is 10.9 Å². The lowest BCUT2D eigenvalue weighted by molar-refractivity contribution is 0.362. The maximum absolute atomic E-state index is 5.89. The van der Waals surface area contributed by atoms with Crippen molar-refractivity contribution in [2.45, 2.75) is 33.7 Å². The monoisotopic (exact) mass is 277 g/mol. The third-order valence-electron chi connectivity index (χ3n) is 2.88. The van der Waals surface area contributed by atoms with Gasteiger partial charge in [0, 0.05) is 12.3 Å². The van der Waals surface area contributed by atoms with Crippen LogP contribution in [0.15, 0.2) is 35.7 Å². The minimum atomic E-state index is 0.0254. The number of allylic oxidation sites excluding steroid dienone is 2. The normalized spacial score (nSPS) is 19.3. The maximum atomic E-state index is 5.89. The minimum Gasteiger partial charge on any atom is -0.459 e. The molecule has 0 aliphatic carbocycles. The average Bonchev–Trinajstić information content (AvgIpc) is 2.30. The smallest absolute Gasteiger partial charge is 0.132 e. The number of hydrogen-bond donors (Lipinski definition) is 1. The molecule has 1 unspecified atom stereocenters. The second kappa shape index (κ2) is 5.25. The van der Waals surface area contributed by atoms with Crippen molar-refractivity contribution in [2.75, 3.05) is 0 Å². The van der Waals surface area contributed by atoms with Gasteiger partial charge in [0.1, 0.15) is 16.7 Å². The van der Waals surface area contributed by atoms with Crippen LogP contribution in [-0.2, 0) is 0 Å². The zero-order valence-electron chi connectivity index (χ0n) is 11.6. The fourth-order valence-corrected chi connectivity index (χ4v) is 1.83. The Morgan fingerprint density at radius 3 is 2.79 bits per heavy atom. The lowest BCUT2D eigenvalue weighted by Gasteiger charge is -2.27. The molecule has 1 radical (unpaired) electrons. The molecular weight excluding hydrogens is 260 g/mol. The quantitative estimate of drug-likeness (QED) is 0.837. The summed E-state index contributed by atoms with van der Waals surface area (Å²) in [4.78, 5) is 3.94. The van der Waals surface area contributed by atoms with Gasteiger partial charge >= 0.3 is 0 Å². The number of ether oxygens (including phenoxy) is 1. The molecule has 2 heterocycles. The van der Waals surface area contributed by atoms with Crippen molar-refractivity contribution in [3.63, 3.8) is 0 Å². The summed E-state index contributed by atoms with van der Waals surface area (Å²) in [6.45, 7) is 8.46. The number of aromatic nitrogens is 1. The Morgan fingerprint density at radius 1 is 1.42 bits per heavy atom. The van der Waals surface area contributed by atoms with Gasteiger partial charge in [0.15, 0.2) is 0 Å². The van der Waals surface area contributed by atoms with E-state index in [9.17, 15) is 0 Å². The van der Waals surface area contributed by atoms with Crippen LogP contribution < -0.4 is 10.1 Å². The van der Waals surface area contributed by atoms with Crippen LogP contribution in [0.5, 0.6) is 5.75 Å². The summed E-state index contributed by atoms with van der Waals surface area (Å²) in [5, 5.41) is 3.62. The van der Waals surface area contributed by atoms with E-state index in [1.165, 1.54) is 0 Å². The summed E-state index contributed by atoms with van der Waals surface area (Å²) >= 11 is 5.86. The van der Waals surface area contributed by atoms with E-state index in [-0.39, 0.29) is 11.5 Å². The SMILES string of the molecule is CC1N[C]=C(C(C)(C)C)C=C1Oc1ccnc(Cl)c1. The highest BCUT2D eigenvalue weighted by Crippen LogP contribution is 2.30. The van der Waals surface area contributed by atoms with Crippen LogP contribution in [0.4, 0.5) is 0 Å². The number of dihydropyridines is 1. The van der Waals surface area contributed by atoms with Gasteiger partial charge in [-0.25, -0.2) is 4.98 Å². The molecule has 19 heavy (non-hydrogen) atoms. The zero-order chi connectivity index (χ0) is 14.0. The maximum Gasteiger partial charge on any atom is 0.132 e. The molecule has 0 bridgehead atoms. The van der Waals surface area contributed by atoms with Crippen LogP contribution in [0.25, 0.3) is 0 Å². The lowest BCUT2D eigenvalue weighted by atomic mass is 9.85. The summed E-state index contributed by atoms with van der Waals surface area (Å²) < 4.78 is 5.89.